The maximum Gasteiger partial charge on any atom is 0.275 e. The third kappa shape index (κ3) is 3.45. The van der Waals surface area contributed by atoms with Crippen LogP contribution in [0.2, 0.25) is 0 Å². The van der Waals surface area contributed by atoms with Gasteiger partial charge in [-0.2, -0.15) is 5.10 Å². The van der Waals surface area contributed by atoms with E-state index in [9.17, 15) is 15.0 Å². The molecule has 5 nitrogen and oxygen atoms in total. The fourth-order valence-corrected chi connectivity index (χ4v) is 2.60. The number of aromatic hydroxyl groups is 2. The number of carbonyl (C=O) groups is 1. The van der Waals surface area contributed by atoms with Gasteiger partial charge in [-0.25, -0.2) is 5.43 Å². The SMILES string of the molecule is C/C(=N\NC(=O)c1cc2ccccc2cc1O)c1cc(C)ccc1O. The summed E-state index contributed by atoms with van der Waals surface area (Å²) < 4.78 is 0. The van der Waals surface area contributed by atoms with Crippen LogP contribution in [0.3, 0.4) is 0 Å². The van der Waals surface area contributed by atoms with Crippen molar-refractivity contribution < 1.29 is 15.0 Å². The number of phenols is 2. The Hall–Kier alpha value is -3.34. The van der Waals surface area contributed by atoms with Gasteiger partial charge in [-0.05, 0) is 48.9 Å². The number of nitrogens with zero attached hydrogens (tertiary/aromatic N) is 1. The summed E-state index contributed by atoms with van der Waals surface area (Å²) in [4.78, 5) is 12.4. The molecule has 3 rings (SSSR count). The second-order valence-electron chi connectivity index (χ2n) is 5.88. The summed E-state index contributed by atoms with van der Waals surface area (Å²) in [6.45, 7) is 3.59. The summed E-state index contributed by atoms with van der Waals surface area (Å²) >= 11 is 0. The number of hydrogen-bond donors (Lipinski definition) is 3. The average Bonchev–Trinajstić information content (AvgIpc) is 2.60. The smallest absolute Gasteiger partial charge is 0.275 e. The number of aryl methyl sites for hydroxylation is 1. The molecule has 0 saturated carbocycles. The van der Waals surface area contributed by atoms with Crippen LogP contribution >= 0.6 is 0 Å². The van der Waals surface area contributed by atoms with E-state index in [1.807, 2.05) is 31.2 Å². The van der Waals surface area contributed by atoms with E-state index in [0.29, 0.717) is 11.3 Å². The van der Waals surface area contributed by atoms with Crippen molar-refractivity contribution in [2.24, 2.45) is 5.10 Å². The maximum atomic E-state index is 12.4. The molecule has 0 heterocycles. The Balaban J connectivity index is 1.87. The van der Waals surface area contributed by atoms with Gasteiger partial charge in [0, 0.05) is 5.56 Å². The van der Waals surface area contributed by atoms with Gasteiger partial charge in [0.15, 0.2) is 0 Å². The minimum absolute atomic E-state index is 0.0923. The molecule has 0 unspecified atom stereocenters. The molecule has 0 aliphatic heterocycles. The second-order valence-corrected chi connectivity index (χ2v) is 5.88. The van der Waals surface area contributed by atoms with Crippen molar-refractivity contribution in [2.45, 2.75) is 13.8 Å². The monoisotopic (exact) mass is 334 g/mol. The molecule has 126 valence electrons. The predicted molar refractivity (Wildman–Crippen MR) is 98.1 cm³/mol. The van der Waals surface area contributed by atoms with Crippen LogP contribution in [0, 0.1) is 6.92 Å². The van der Waals surface area contributed by atoms with Crippen LogP contribution in [-0.2, 0) is 0 Å². The van der Waals surface area contributed by atoms with E-state index in [-0.39, 0.29) is 17.1 Å². The highest BCUT2D eigenvalue weighted by atomic mass is 16.3. The number of benzene rings is 3. The molecule has 0 aliphatic carbocycles. The Morgan fingerprint density at radius 1 is 0.920 bits per heavy atom. The van der Waals surface area contributed by atoms with Crippen LogP contribution in [0.1, 0.15) is 28.4 Å². The van der Waals surface area contributed by atoms with Gasteiger partial charge >= 0.3 is 0 Å². The molecule has 3 aromatic carbocycles. The Kier molecular flexibility index (Phi) is 4.39. The topological polar surface area (TPSA) is 81.9 Å². The quantitative estimate of drug-likeness (QED) is 0.504. The van der Waals surface area contributed by atoms with Crippen molar-refractivity contribution in [1.29, 1.82) is 0 Å². The summed E-state index contributed by atoms with van der Waals surface area (Å²) in [5, 5.41) is 25.7. The van der Waals surface area contributed by atoms with Gasteiger partial charge in [0.2, 0.25) is 0 Å². The first kappa shape index (κ1) is 16.5. The van der Waals surface area contributed by atoms with Crippen molar-refractivity contribution in [3.05, 3.63) is 71.3 Å². The predicted octanol–water partition coefficient (Wildman–Crippen LogP) is 3.71. The van der Waals surface area contributed by atoms with Gasteiger partial charge in [-0.15, -0.1) is 0 Å². The zero-order valence-electron chi connectivity index (χ0n) is 13.9. The molecule has 3 N–H and O–H groups in total. The molecular weight excluding hydrogens is 316 g/mol. The number of nitrogens with one attached hydrogen (secondary N) is 1. The fraction of sp³-hybridized carbons (Fsp3) is 0.100. The third-order valence-corrected chi connectivity index (χ3v) is 3.98. The van der Waals surface area contributed by atoms with Gasteiger partial charge in [0.1, 0.15) is 11.5 Å². The molecule has 0 atom stereocenters. The normalized spacial score (nSPS) is 11.5. The number of carbonyl (C=O) groups excluding carboxylic acids is 1. The summed E-state index contributed by atoms with van der Waals surface area (Å²) in [7, 11) is 0. The number of rotatable bonds is 3. The van der Waals surface area contributed by atoms with Crippen LogP contribution < -0.4 is 5.43 Å². The second kappa shape index (κ2) is 6.65. The summed E-state index contributed by atoms with van der Waals surface area (Å²) in [6, 6.07) is 15.8. The van der Waals surface area contributed by atoms with Crippen molar-refractivity contribution in [3.8, 4) is 11.5 Å². The van der Waals surface area contributed by atoms with Crippen LogP contribution in [-0.4, -0.2) is 21.8 Å². The maximum absolute atomic E-state index is 12.4. The number of amides is 1. The molecule has 0 bridgehead atoms. The molecule has 1 amide bonds. The summed E-state index contributed by atoms with van der Waals surface area (Å²) in [6.07, 6.45) is 0. The molecule has 0 aliphatic rings. The first-order chi connectivity index (χ1) is 12.0. The first-order valence-electron chi connectivity index (χ1n) is 7.82. The minimum atomic E-state index is -0.519. The minimum Gasteiger partial charge on any atom is -0.507 e. The molecule has 0 spiro atoms. The third-order valence-electron chi connectivity index (χ3n) is 3.98. The van der Waals surface area contributed by atoms with Gasteiger partial charge in [0.05, 0.1) is 11.3 Å². The number of fused-ring (bicyclic) bond motifs is 1. The number of hydrogen-bond acceptors (Lipinski definition) is 4. The van der Waals surface area contributed by atoms with E-state index in [0.717, 1.165) is 16.3 Å². The highest BCUT2D eigenvalue weighted by molar-refractivity contribution is 6.04. The van der Waals surface area contributed by atoms with Crippen LogP contribution in [0.4, 0.5) is 0 Å². The lowest BCUT2D eigenvalue weighted by Gasteiger charge is -2.08. The lowest BCUT2D eigenvalue weighted by Crippen LogP contribution is -2.19. The molecule has 5 heteroatoms. The Labute approximate surface area is 145 Å². The molecule has 0 aromatic heterocycles. The first-order valence-corrected chi connectivity index (χ1v) is 7.82. The highest BCUT2D eigenvalue weighted by Gasteiger charge is 2.13. The lowest BCUT2D eigenvalue weighted by molar-refractivity contribution is 0.0952. The van der Waals surface area contributed by atoms with Gasteiger partial charge < -0.3 is 10.2 Å². The van der Waals surface area contributed by atoms with E-state index in [1.165, 1.54) is 0 Å². The van der Waals surface area contributed by atoms with E-state index < -0.39 is 5.91 Å². The van der Waals surface area contributed by atoms with Crippen LogP contribution in [0.15, 0.2) is 59.7 Å². The molecule has 25 heavy (non-hydrogen) atoms. The zero-order chi connectivity index (χ0) is 18.0. The standard InChI is InChI=1S/C20H18N2O3/c1-12-7-8-18(23)16(9-12)13(2)21-22-20(25)17-10-14-5-3-4-6-15(14)11-19(17)24/h3-11,23-24H,1-2H3,(H,22,25)/b21-13+. The molecule has 3 aromatic rings. The Morgan fingerprint density at radius 2 is 1.60 bits per heavy atom. The summed E-state index contributed by atoms with van der Waals surface area (Å²) in [5.74, 6) is -0.535. The molecule has 0 fully saturated rings. The number of hydrazone groups is 1. The van der Waals surface area contributed by atoms with E-state index in [1.54, 1.807) is 37.3 Å². The van der Waals surface area contributed by atoms with E-state index in [2.05, 4.69) is 10.5 Å². The van der Waals surface area contributed by atoms with Crippen molar-refractivity contribution in [3.63, 3.8) is 0 Å². The fourth-order valence-electron chi connectivity index (χ4n) is 2.60. The van der Waals surface area contributed by atoms with Gasteiger partial charge in [-0.1, -0.05) is 35.9 Å². The van der Waals surface area contributed by atoms with Gasteiger partial charge in [-0.3, -0.25) is 4.79 Å². The molecular formula is C20H18N2O3. The van der Waals surface area contributed by atoms with Crippen molar-refractivity contribution in [2.75, 3.05) is 0 Å². The Bertz CT molecular complexity index is 993. The van der Waals surface area contributed by atoms with Crippen LogP contribution in [0.25, 0.3) is 10.8 Å². The molecule has 0 radical (unpaired) electrons. The van der Waals surface area contributed by atoms with E-state index >= 15 is 0 Å². The largest absolute Gasteiger partial charge is 0.507 e. The van der Waals surface area contributed by atoms with Crippen molar-refractivity contribution >= 4 is 22.4 Å². The van der Waals surface area contributed by atoms with E-state index in [4.69, 9.17) is 0 Å². The summed E-state index contributed by atoms with van der Waals surface area (Å²) in [5.41, 5.74) is 4.55. The number of phenolic OH excluding ortho intramolecular Hbond substituents is 2. The van der Waals surface area contributed by atoms with Gasteiger partial charge in [0.25, 0.3) is 5.91 Å². The van der Waals surface area contributed by atoms with Crippen LogP contribution in [0.5, 0.6) is 11.5 Å². The molecule has 0 saturated heterocycles. The zero-order valence-corrected chi connectivity index (χ0v) is 13.9. The lowest BCUT2D eigenvalue weighted by atomic mass is 10.1. The highest BCUT2D eigenvalue weighted by Crippen LogP contribution is 2.25. The Morgan fingerprint density at radius 3 is 2.32 bits per heavy atom. The van der Waals surface area contributed by atoms with Crippen molar-refractivity contribution in [1.82, 2.24) is 5.43 Å². The average molecular weight is 334 g/mol.